The van der Waals surface area contributed by atoms with Crippen LogP contribution in [0.2, 0.25) is 0 Å². The maximum Gasteiger partial charge on any atom is 0.292 e. The molecule has 0 aromatic heterocycles. The predicted octanol–water partition coefficient (Wildman–Crippen LogP) is -0.725. The van der Waals surface area contributed by atoms with Crippen LogP contribution in [0, 0.1) is 0 Å². The van der Waals surface area contributed by atoms with Crippen LogP contribution in [0.4, 0.5) is 0 Å². The maximum absolute atomic E-state index is 10.9. The van der Waals surface area contributed by atoms with E-state index in [1.54, 1.807) is 0 Å². The van der Waals surface area contributed by atoms with Gasteiger partial charge in [0, 0.05) is 18.5 Å². The third-order valence-electron chi connectivity index (χ3n) is 1.41. The minimum absolute atomic E-state index is 0.0490. The molecule has 1 amide bonds. The molecule has 0 rings (SSSR count). The number of aliphatic hydroxyl groups is 1. The first kappa shape index (κ1) is 13.1. The molecule has 1 unspecified atom stereocenters. The maximum atomic E-state index is 10.9. The van der Waals surface area contributed by atoms with E-state index < -0.39 is 21.5 Å². The van der Waals surface area contributed by atoms with Crippen LogP contribution in [0.3, 0.4) is 0 Å². The van der Waals surface area contributed by atoms with Gasteiger partial charge in [-0.25, -0.2) is 0 Å². The fraction of sp³-hybridized carbons (Fsp3) is 0.571. The summed E-state index contributed by atoms with van der Waals surface area (Å²) in [7, 11) is -4.44. The molecule has 6 nitrogen and oxygen atoms in total. The summed E-state index contributed by atoms with van der Waals surface area (Å²) in [6.45, 7) is 4.81. The summed E-state index contributed by atoms with van der Waals surface area (Å²) in [4.78, 5) is 10.9. The van der Waals surface area contributed by atoms with E-state index in [9.17, 15) is 13.2 Å². The lowest BCUT2D eigenvalue weighted by molar-refractivity contribution is -0.117. The van der Waals surface area contributed by atoms with Gasteiger partial charge in [-0.1, -0.05) is 6.58 Å². The lowest BCUT2D eigenvalue weighted by Gasteiger charge is -2.07. The molecule has 0 aliphatic heterocycles. The second kappa shape index (κ2) is 5.08. The van der Waals surface area contributed by atoms with Gasteiger partial charge in [0.25, 0.3) is 10.1 Å². The van der Waals surface area contributed by atoms with Crippen LogP contribution in [-0.4, -0.2) is 36.0 Å². The molecule has 7 heteroatoms. The van der Waals surface area contributed by atoms with E-state index in [1.165, 1.54) is 6.92 Å². The third-order valence-corrected chi connectivity index (χ3v) is 2.33. The molecule has 0 aliphatic carbocycles. The van der Waals surface area contributed by atoms with Crippen LogP contribution >= 0.6 is 0 Å². The summed E-state index contributed by atoms with van der Waals surface area (Å²) in [6.07, 6.45) is -0.266. The number of rotatable bonds is 5. The first-order valence-corrected chi connectivity index (χ1v) is 5.33. The highest BCUT2D eigenvalue weighted by atomic mass is 32.2. The largest absolute Gasteiger partial charge is 0.375 e. The molecule has 14 heavy (non-hydrogen) atoms. The summed E-state index contributed by atoms with van der Waals surface area (Å²) in [5.74, 6) is -0.424. The van der Waals surface area contributed by atoms with Crippen LogP contribution in [0.25, 0.3) is 0 Å². The van der Waals surface area contributed by atoms with Crippen LogP contribution in [0.15, 0.2) is 12.2 Å². The van der Waals surface area contributed by atoms with Gasteiger partial charge in [0.2, 0.25) is 5.91 Å². The monoisotopic (exact) mass is 223 g/mol. The molecule has 0 saturated carbocycles. The number of carbonyl (C=O) groups is 1. The summed E-state index contributed by atoms with van der Waals surface area (Å²) in [6, 6.07) is 0. The van der Waals surface area contributed by atoms with E-state index in [1.807, 2.05) is 0 Å². The molecule has 82 valence electrons. The topological polar surface area (TPSA) is 104 Å². The van der Waals surface area contributed by atoms with Crippen molar-refractivity contribution in [2.75, 3.05) is 6.54 Å². The Kier molecular flexibility index (Phi) is 4.75. The fourth-order valence-electron chi connectivity index (χ4n) is 0.609. The second-order valence-electron chi connectivity index (χ2n) is 2.79. The number of aliphatic hydroxyl groups excluding tert-OH is 1. The van der Waals surface area contributed by atoms with Crippen LogP contribution < -0.4 is 5.32 Å². The van der Waals surface area contributed by atoms with Crippen molar-refractivity contribution in [2.45, 2.75) is 18.8 Å². The molecule has 0 saturated heterocycles. The average molecular weight is 223 g/mol. The van der Waals surface area contributed by atoms with Gasteiger partial charge in [-0.2, -0.15) is 8.42 Å². The summed E-state index contributed by atoms with van der Waals surface area (Å²) in [5, 5.41) is 11.1. The number of hydrogen-bond donors (Lipinski definition) is 3. The molecule has 0 aliphatic rings. The van der Waals surface area contributed by atoms with Gasteiger partial charge >= 0.3 is 0 Å². The Morgan fingerprint density at radius 3 is 2.43 bits per heavy atom. The van der Waals surface area contributed by atoms with E-state index in [0.29, 0.717) is 0 Å². The molecule has 0 spiro atoms. The molecular formula is C7H13NO5S. The van der Waals surface area contributed by atoms with Crippen LogP contribution in [0.1, 0.15) is 13.3 Å². The van der Waals surface area contributed by atoms with Gasteiger partial charge in [-0.15, -0.1) is 0 Å². The minimum atomic E-state index is -4.44. The number of nitrogens with one attached hydrogen (secondary N) is 1. The molecule has 0 aromatic carbocycles. The van der Waals surface area contributed by atoms with E-state index in [0.717, 1.165) is 0 Å². The molecule has 0 heterocycles. The first-order chi connectivity index (χ1) is 6.25. The lowest BCUT2D eigenvalue weighted by Crippen LogP contribution is -2.30. The average Bonchev–Trinajstić information content (AvgIpc) is 2.01. The quantitative estimate of drug-likeness (QED) is 0.421. The van der Waals surface area contributed by atoms with Gasteiger partial charge in [0.05, 0.1) is 0 Å². The number of carbonyl (C=O) groups excluding carboxylic acids is 1. The van der Waals surface area contributed by atoms with Crippen molar-refractivity contribution < 1.29 is 22.9 Å². The molecule has 1 atom stereocenters. The Bertz CT molecular complexity index is 321. The van der Waals surface area contributed by atoms with E-state index in [-0.39, 0.29) is 18.5 Å². The molecule has 0 fully saturated rings. The SMILES string of the molecule is C=C(C)C(=O)NCCC(O)S(=O)(=O)O. The highest BCUT2D eigenvalue weighted by molar-refractivity contribution is 7.86. The van der Waals surface area contributed by atoms with Crippen molar-refractivity contribution in [1.29, 1.82) is 0 Å². The van der Waals surface area contributed by atoms with Crippen molar-refractivity contribution in [3.63, 3.8) is 0 Å². The van der Waals surface area contributed by atoms with Gasteiger partial charge in [-0.05, 0) is 6.92 Å². The van der Waals surface area contributed by atoms with E-state index in [2.05, 4.69) is 11.9 Å². The summed E-state index contributed by atoms with van der Waals surface area (Å²) < 4.78 is 29.0. The van der Waals surface area contributed by atoms with Gasteiger partial charge < -0.3 is 10.4 Å². The highest BCUT2D eigenvalue weighted by Crippen LogP contribution is 1.98. The molecular weight excluding hydrogens is 210 g/mol. The van der Waals surface area contributed by atoms with Crippen LogP contribution in [-0.2, 0) is 14.9 Å². The van der Waals surface area contributed by atoms with Crippen molar-refractivity contribution in [1.82, 2.24) is 5.32 Å². The van der Waals surface area contributed by atoms with Gasteiger partial charge in [-0.3, -0.25) is 9.35 Å². The molecule has 0 bridgehead atoms. The Labute approximate surface area is 82.4 Å². The zero-order valence-electron chi connectivity index (χ0n) is 7.73. The number of hydrogen-bond acceptors (Lipinski definition) is 4. The Balaban J connectivity index is 3.87. The third kappa shape index (κ3) is 4.95. The van der Waals surface area contributed by atoms with E-state index in [4.69, 9.17) is 9.66 Å². The number of amides is 1. The zero-order valence-corrected chi connectivity index (χ0v) is 8.54. The van der Waals surface area contributed by atoms with Crippen molar-refractivity contribution in [2.24, 2.45) is 0 Å². The zero-order chi connectivity index (χ0) is 11.4. The minimum Gasteiger partial charge on any atom is -0.375 e. The van der Waals surface area contributed by atoms with Crippen molar-refractivity contribution >= 4 is 16.0 Å². The van der Waals surface area contributed by atoms with Gasteiger partial charge in [0.15, 0.2) is 5.44 Å². The molecule has 3 N–H and O–H groups in total. The molecule has 0 aromatic rings. The van der Waals surface area contributed by atoms with Crippen molar-refractivity contribution in [3.8, 4) is 0 Å². The fourth-order valence-corrected chi connectivity index (χ4v) is 1.02. The Morgan fingerprint density at radius 1 is 1.57 bits per heavy atom. The predicted molar refractivity (Wildman–Crippen MR) is 50.0 cm³/mol. The second-order valence-corrected chi connectivity index (χ2v) is 4.37. The summed E-state index contributed by atoms with van der Waals surface area (Å²) >= 11 is 0. The first-order valence-electron chi connectivity index (χ1n) is 3.83. The normalized spacial score (nSPS) is 13.4. The Morgan fingerprint density at radius 2 is 2.07 bits per heavy atom. The molecule has 0 radical (unpaired) electrons. The Hall–Kier alpha value is -0.920. The van der Waals surface area contributed by atoms with Gasteiger partial charge in [0.1, 0.15) is 0 Å². The smallest absolute Gasteiger partial charge is 0.292 e. The van der Waals surface area contributed by atoms with Crippen molar-refractivity contribution in [3.05, 3.63) is 12.2 Å². The van der Waals surface area contributed by atoms with Crippen LogP contribution in [0.5, 0.6) is 0 Å². The summed E-state index contributed by atoms with van der Waals surface area (Å²) in [5.41, 5.74) is -1.58. The standard InChI is InChI=1S/C7H13NO5S/c1-5(2)7(10)8-4-3-6(9)14(11,12)13/h6,9H,1,3-4H2,2H3,(H,8,10)(H,11,12,13). The highest BCUT2D eigenvalue weighted by Gasteiger charge is 2.18. The van der Waals surface area contributed by atoms with E-state index >= 15 is 0 Å². The lowest BCUT2D eigenvalue weighted by atomic mass is 10.3.